The summed E-state index contributed by atoms with van der Waals surface area (Å²) in [4.78, 5) is 15.9. The van der Waals surface area contributed by atoms with Gasteiger partial charge in [-0.25, -0.2) is 13.2 Å². The van der Waals surface area contributed by atoms with Crippen LogP contribution in [0.3, 0.4) is 0 Å². The molecule has 0 aliphatic carbocycles. The van der Waals surface area contributed by atoms with E-state index in [1.165, 1.54) is 0 Å². The summed E-state index contributed by atoms with van der Waals surface area (Å²) >= 11 is 0. The van der Waals surface area contributed by atoms with Crippen LogP contribution < -0.4 is 5.32 Å². The number of urea groups is 1. The molecule has 3 aliphatic rings. The maximum atomic E-state index is 11.9. The molecule has 3 rings (SSSR count). The van der Waals surface area contributed by atoms with Crippen molar-refractivity contribution in [1.29, 1.82) is 0 Å². The molecule has 2 amide bonds. The van der Waals surface area contributed by atoms with Gasteiger partial charge in [-0.15, -0.1) is 0 Å². The van der Waals surface area contributed by atoms with Crippen molar-refractivity contribution in [3.05, 3.63) is 0 Å². The summed E-state index contributed by atoms with van der Waals surface area (Å²) in [6.45, 7) is 4.97. The van der Waals surface area contributed by atoms with Crippen LogP contribution in [0.15, 0.2) is 0 Å². The fourth-order valence-electron chi connectivity index (χ4n) is 3.22. The molecule has 8 heteroatoms. The van der Waals surface area contributed by atoms with Gasteiger partial charge in [0.25, 0.3) is 0 Å². The monoisotopic (exact) mass is 303 g/mol. The fraction of sp³-hybridized carbons (Fsp3) is 0.917. The molecule has 0 aromatic rings. The highest BCUT2D eigenvalue weighted by Gasteiger charge is 2.48. The van der Waals surface area contributed by atoms with Gasteiger partial charge in [-0.1, -0.05) is 0 Å². The molecule has 20 heavy (non-hydrogen) atoms. The van der Waals surface area contributed by atoms with Crippen LogP contribution in [0.25, 0.3) is 0 Å². The van der Waals surface area contributed by atoms with Gasteiger partial charge in [-0.2, -0.15) is 0 Å². The molecule has 1 N–H and O–H groups in total. The maximum Gasteiger partial charge on any atom is 0.318 e. The van der Waals surface area contributed by atoms with Crippen molar-refractivity contribution in [2.24, 2.45) is 0 Å². The molecule has 0 bridgehead atoms. The molecule has 0 saturated carbocycles. The van der Waals surface area contributed by atoms with E-state index in [2.05, 4.69) is 10.2 Å². The van der Waals surface area contributed by atoms with E-state index < -0.39 is 9.84 Å². The van der Waals surface area contributed by atoms with Crippen molar-refractivity contribution in [3.63, 3.8) is 0 Å². The van der Waals surface area contributed by atoms with Gasteiger partial charge in [0, 0.05) is 26.2 Å². The molecule has 2 atom stereocenters. The second-order valence-corrected chi connectivity index (χ2v) is 7.86. The van der Waals surface area contributed by atoms with Crippen LogP contribution in [0, 0.1) is 0 Å². The predicted octanol–water partition coefficient (Wildman–Crippen LogP) is -1.10. The van der Waals surface area contributed by atoms with Gasteiger partial charge in [-0.05, 0) is 6.42 Å². The summed E-state index contributed by atoms with van der Waals surface area (Å²) in [5.41, 5.74) is 0. The van der Waals surface area contributed by atoms with E-state index in [0.717, 1.165) is 39.3 Å². The lowest BCUT2D eigenvalue weighted by Gasteiger charge is -2.28. The van der Waals surface area contributed by atoms with Gasteiger partial charge >= 0.3 is 6.03 Å². The van der Waals surface area contributed by atoms with Gasteiger partial charge in [-0.3, -0.25) is 4.90 Å². The Morgan fingerprint density at radius 2 is 1.95 bits per heavy atom. The van der Waals surface area contributed by atoms with Crippen molar-refractivity contribution in [2.45, 2.75) is 18.5 Å². The molecule has 3 fully saturated rings. The third-order valence-corrected chi connectivity index (χ3v) is 5.99. The minimum absolute atomic E-state index is 0.0867. The molecule has 2 unspecified atom stereocenters. The molecule has 3 aliphatic heterocycles. The number of carbonyl (C=O) groups excluding carboxylic acids is 1. The second-order valence-electron chi connectivity index (χ2n) is 5.70. The van der Waals surface area contributed by atoms with Crippen molar-refractivity contribution < 1.29 is 17.9 Å². The number of nitrogens with one attached hydrogen (secondary N) is 1. The molecule has 0 radical (unpaired) electrons. The number of hydrogen-bond acceptors (Lipinski definition) is 5. The van der Waals surface area contributed by atoms with Crippen LogP contribution in [0.4, 0.5) is 4.79 Å². The van der Waals surface area contributed by atoms with Gasteiger partial charge in [0.05, 0.1) is 36.8 Å². The average molecular weight is 303 g/mol. The quantitative estimate of drug-likeness (QED) is 0.667. The largest absolute Gasteiger partial charge is 0.379 e. The predicted molar refractivity (Wildman–Crippen MR) is 73.3 cm³/mol. The molecule has 0 spiro atoms. The lowest BCUT2D eigenvalue weighted by Crippen LogP contribution is -2.41. The summed E-state index contributed by atoms with van der Waals surface area (Å²) < 4.78 is 28.5. The number of fused-ring (bicyclic) bond motifs is 1. The lowest BCUT2D eigenvalue weighted by atomic mass is 10.2. The van der Waals surface area contributed by atoms with Crippen LogP contribution in [-0.4, -0.2) is 87.2 Å². The van der Waals surface area contributed by atoms with E-state index in [4.69, 9.17) is 4.74 Å². The van der Waals surface area contributed by atoms with E-state index in [1.807, 2.05) is 0 Å². The SMILES string of the molecule is O=C1NC2CS(=O)(=O)CC2N1CCCN1CCOCC1. The Bertz CT molecular complexity index is 475. The standard InChI is InChI=1S/C12H21N3O4S/c16-12-13-10-8-20(17,18)9-11(10)15(12)3-1-2-14-4-6-19-7-5-14/h10-11H,1-9H2,(H,13,16). The average Bonchev–Trinajstić information content (AvgIpc) is 2.83. The molecular formula is C12H21N3O4S. The molecular weight excluding hydrogens is 282 g/mol. The topological polar surface area (TPSA) is 79.0 Å². The minimum atomic E-state index is -2.99. The van der Waals surface area contributed by atoms with Crippen molar-refractivity contribution in [1.82, 2.24) is 15.1 Å². The van der Waals surface area contributed by atoms with Crippen molar-refractivity contribution in [2.75, 3.05) is 50.9 Å². The highest BCUT2D eigenvalue weighted by atomic mass is 32.2. The Labute approximate surface area is 119 Å². The zero-order chi connectivity index (χ0) is 14.2. The molecule has 0 aromatic carbocycles. The normalized spacial score (nSPS) is 33.2. The first-order valence-corrected chi connectivity index (χ1v) is 8.95. The number of morpholine rings is 1. The smallest absolute Gasteiger partial charge is 0.318 e. The summed E-state index contributed by atoms with van der Waals surface area (Å²) in [7, 11) is -2.99. The van der Waals surface area contributed by atoms with E-state index >= 15 is 0 Å². The number of nitrogens with zero attached hydrogens (tertiary/aromatic N) is 2. The van der Waals surface area contributed by atoms with Gasteiger partial charge in [0.15, 0.2) is 9.84 Å². The Morgan fingerprint density at radius 3 is 2.70 bits per heavy atom. The first-order valence-electron chi connectivity index (χ1n) is 7.13. The Morgan fingerprint density at radius 1 is 1.20 bits per heavy atom. The highest BCUT2D eigenvalue weighted by molar-refractivity contribution is 7.91. The Kier molecular flexibility index (Phi) is 3.87. The van der Waals surface area contributed by atoms with Crippen molar-refractivity contribution in [3.8, 4) is 0 Å². The summed E-state index contributed by atoms with van der Waals surface area (Å²) in [6.07, 6.45) is 0.872. The van der Waals surface area contributed by atoms with E-state index in [0.29, 0.717) is 6.54 Å². The zero-order valence-corrected chi connectivity index (χ0v) is 12.3. The van der Waals surface area contributed by atoms with E-state index in [9.17, 15) is 13.2 Å². The molecule has 114 valence electrons. The molecule has 3 heterocycles. The Hall–Kier alpha value is -0.860. The summed E-state index contributed by atoms with van der Waals surface area (Å²) in [5, 5.41) is 2.78. The minimum Gasteiger partial charge on any atom is -0.379 e. The fourth-order valence-corrected chi connectivity index (χ4v) is 5.14. The third kappa shape index (κ3) is 2.91. The van der Waals surface area contributed by atoms with Crippen LogP contribution in [0.1, 0.15) is 6.42 Å². The molecule has 0 aromatic heterocycles. The van der Waals surface area contributed by atoms with Crippen LogP contribution >= 0.6 is 0 Å². The number of sulfone groups is 1. The number of ether oxygens (including phenoxy) is 1. The first-order chi connectivity index (χ1) is 9.55. The number of carbonyl (C=O) groups is 1. The Balaban J connectivity index is 1.50. The van der Waals surface area contributed by atoms with Crippen molar-refractivity contribution >= 4 is 15.9 Å². The van der Waals surface area contributed by atoms with Crippen LogP contribution in [0.5, 0.6) is 0 Å². The molecule has 7 nitrogen and oxygen atoms in total. The van der Waals surface area contributed by atoms with Gasteiger partial charge in [0.2, 0.25) is 0 Å². The maximum absolute atomic E-state index is 11.9. The lowest BCUT2D eigenvalue weighted by molar-refractivity contribution is 0.0364. The third-order valence-electron chi connectivity index (χ3n) is 4.27. The number of rotatable bonds is 4. The first kappa shape index (κ1) is 14.1. The van der Waals surface area contributed by atoms with Crippen LogP contribution in [0.2, 0.25) is 0 Å². The van der Waals surface area contributed by atoms with E-state index in [1.54, 1.807) is 4.90 Å². The number of amides is 2. The van der Waals surface area contributed by atoms with Crippen LogP contribution in [-0.2, 0) is 14.6 Å². The highest BCUT2D eigenvalue weighted by Crippen LogP contribution is 2.24. The second kappa shape index (κ2) is 5.50. The summed E-state index contributed by atoms with van der Waals surface area (Å²) in [5.74, 6) is 0.192. The molecule has 3 saturated heterocycles. The zero-order valence-electron chi connectivity index (χ0n) is 11.5. The van der Waals surface area contributed by atoms with Gasteiger partial charge in [0.1, 0.15) is 0 Å². The van der Waals surface area contributed by atoms with E-state index in [-0.39, 0.29) is 29.6 Å². The number of hydrogen-bond donors (Lipinski definition) is 1. The summed E-state index contributed by atoms with van der Waals surface area (Å²) in [6, 6.07) is -0.495. The van der Waals surface area contributed by atoms with Gasteiger partial charge < -0.3 is 15.0 Å².